The van der Waals surface area contributed by atoms with Gasteiger partial charge in [0.15, 0.2) is 17.5 Å². The van der Waals surface area contributed by atoms with Crippen molar-refractivity contribution in [2.45, 2.75) is 22.1 Å². The molecule has 10 aromatic rings. The molecular weight excluding hydrogens is 785 g/mol. The Morgan fingerprint density at radius 1 is 0.365 bits per heavy atom. The van der Waals surface area contributed by atoms with E-state index in [1.165, 1.54) is 65.4 Å². The van der Waals surface area contributed by atoms with Crippen molar-refractivity contribution in [3.8, 4) is 78.8 Å². The molecular formula is C58H38N4S. The number of pyridine rings is 1. The minimum absolute atomic E-state index is 0.616. The van der Waals surface area contributed by atoms with Gasteiger partial charge in [-0.2, -0.15) is 0 Å². The van der Waals surface area contributed by atoms with Crippen LogP contribution in [0.3, 0.4) is 0 Å². The van der Waals surface area contributed by atoms with E-state index >= 15 is 0 Å². The summed E-state index contributed by atoms with van der Waals surface area (Å²) in [4.78, 5) is 22.8. The van der Waals surface area contributed by atoms with E-state index in [0.29, 0.717) is 17.5 Å². The van der Waals surface area contributed by atoms with Crippen molar-refractivity contribution in [2.24, 2.45) is 0 Å². The van der Waals surface area contributed by atoms with E-state index in [1.807, 2.05) is 60.4 Å². The first-order valence-corrected chi connectivity index (χ1v) is 22.1. The van der Waals surface area contributed by atoms with Crippen LogP contribution in [0.2, 0.25) is 0 Å². The summed E-state index contributed by atoms with van der Waals surface area (Å²) in [5.74, 6) is 1.93. The van der Waals surface area contributed by atoms with E-state index in [2.05, 4.69) is 171 Å². The largest absolute Gasteiger partial charge is 0.256 e. The van der Waals surface area contributed by atoms with Crippen LogP contribution < -0.4 is 0 Å². The van der Waals surface area contributed by atoms with Gasteiger partial charge in [-0.05, 0) is 86.3 Å². The van der Waals surface area contributed by atoms with E-state index in [-0.39, 0.29) is 0 Å². The van der Waals surface area contributed by atoms with Crippen LogP contribution in [0.1, 0.15) is 27.8 Å². The van der Waals surface area contributed by atoms with Crippen LogP contribution in [-0.2, 0) is 5.41 Å². The standard InChI is InChI=1S/C58H38N4S/c1-37-36-59-52(38-18-5-2-6-19-38)35-47(37)43-25-12-11-24-42(43)46-27-17-30-50-54(46)63-53-31-16-15-29-49(53)58(50)48-28-14-13-26-44(48)45-33-32-41(34-51(45)58)57-61-55(39-20-7-3-8-21-39)60-56(62-57)40-22-9-4-10-23-40/h2-36H,1H3. The second-order valence-electron chi connectivity index (χ2n) is 16.2. The average Bonchev–Trinajstić information content (AvgIpc) is 3.64. The van der Waals surface area contributed by atoms with Crippen molar-refractivity contribution in [3.63, 3.8) is 0 Å². The lowest BCUT2D eigenvalue weighted by molar-refractivity contribution is 0.723. The van der Waals surface area contributed by atoms with Gasteiger partial charge >= 0.3 is 0 Å². The Hall–Kier alpha value is -7.73. The minimum Gasteiger partial charge on any atom is -0.256 e. The molecule has 0 N–H and O–H groups in total. The number of benzene rings is 8. The summed E-state index contributed by atoms with van der Waals surface area (Å²) >= 11 is 1.88. The van der Waals surface area contributed by atoms with Gasteiger partial charge in [0.2, 0.25) is 0 Å². The Balaban J connectivity index is 1.09. The number of aryl methyl sites for hydroxylation is 1. The summed E-state index contributed by atoms with van der Waals surface area (Å²) in [5, 5.41) is 0. The number of fused-ring (bicyclic) bond motifs is 9. The van der Waals surface area contributed by atoms with Crippen LogP contribution in [0, 0.1) is 6.92 Å². The van der Waals surface area contributed by atoms with Crippen molar-refractivity contribution < 1.29 is 0 Å². The van der Waals surface area contributed by atoms with Crippen LogP contribution in [0.5, 0.6) is 0 Å². The number of hydrogen-bond donors (Lipinski definition) is 0. The van der Waals surface area contributed by atoms with E-state index in [9.17, 15) is 0 Å². The highest BCUT2D eigenvalue weighted by Gasteiger charge is 2.50. The SMILES string of the molecule is Cc1cnc(-c2ccccc2)cc1-c1ccccc1-c1cccc2c1Sc1ccccc1C21c2ccccc2-c2ccc(-c3nc(-c4ccccc4)nc(-c4ccccc4)n3)cc21. The zero-order valence-corrected chi connectivity index (χ0v) is 35.2. The summed E-state index contributed by atoms with van der Waals surface area (Å²) in [6.45, 7) is 2.16. The van der Waals surface area contributed by atoms with Crippen LogP contribution in [0.4, 0.5) is 0 Å². The van der Waals surface area contributed by atoms with E-state index < -0.39 is 5.41 Å². The van der Waals surface area contributed by atoms with Crippen molar-refractivity contribution in [1.29, 1.82) is 0 Å². The Bertz CT molecular complexity index is 3330. The molecule has 1 unspecified atom stereocenters. The Labute approximate surface area is 371 Å². The molecule has 5 heteroatoms. The fraction of sp³-hybridized carbons (Fsp3) is 0.0345. The van der Waals surface area contributed by atoms with E-state index in [4.69, 9.17) is 19.9 Å². The molecule has 0 fully saturated rings. The van der Waals surface area contributed by atoms with Gasteiger partial charge in [0.1, 0.15) is 0 Å². The van der Waals surface area contributed by atoms with E-state index in [0.717, 1.165) is 33.5 Å². The fourth-order valence-corrected chi connectivity index (χ4v) is 11.1. The number of nitrogens with zero attached hydrogens (tertiary/aromatic N) is 4. The second-order valence-corrected chi connectivity index (χ2v) is 17.2. The van der Waals surface area contributed by atoms with Crippen LogP contribution in [0.25, 0.3) is 78.8 Å². The third-order valence-electron chi connectivity index (χ3n) is 12.6. The molecule has 63 heavy (non-hydrogen) atoms. The zero-order valence-electron chi connectivity index (χ0n) is 34.4. The van der Waals surface area contributed by atoms with Crippen LogP contribution in [-0.4, -0.2) is 19.9 Å². The Morgan fingerprint density at radius 2 is 0.873 bits per heavy atom. The molecule has 0 amide bonds. The van der Waals surface area contributed by atoms with Crippen molar-refractivity contribution >= 4 is 11.8 Å². The van der Waals surface area contributed by atoms with E-state index in [1.54, 1.807) is 0 Å². The maximum Gasteiger partial charge on any atom is 0.164 e. The first kappa shape index (κ1) is 37.1. The molecule has 296 valence electrons. The highest BCUT2D eigenvalue weighted by atomic mass is 32.2. The summed E-state index contributed by atoms with van der Waals surface area (Å²) in [5.41, 5.74) is 17.7. The maximum absolute atomic E-state index is 5.19. The lowest BCUT2D eigenvalue weighted by Crippen LogP contribution is -2.32. The topological polar surface area (TPSA) is 51.6 Å². The molecule has 2 aromatic heterocycles. The molecule has 1 spiro atoms. The highest BCUT2D eigenvalue weighted by molar-refractivity contribution is 7.99. The summed E-state index contributed by atoms with van der Waals surface area (Å²) in [6.07, 6.45) is 2.01. The summed E-state index contributed by atoms with van der Waals surface area (Å²) in [7, 11) is 0. The Morgan fingerprint density at radius 3 is 1.56 bits per heavy atom. The average molecular weight is 823 g/mol. The quantitative estimate of drug-likeness (QED) is 0.167. The van der Waals surface area contributed by atoms with Crippen LogP contribution >= 0.6 is 11.8 Å². The molecule has 1 aliphatic heterocycles. The smallest absolute Gasteiger partial charge is 0.164 e. The van der Waals surface area contributed by atoms with Gasteiger partial charge in [-0.15, -0.1) is 0 Å². The molecule has 4 nitrogen and oxygen atoms in total. The zero-order chi connectivity index (χ0) is 41.9. The second kappa shape index (κ2) is 15.0. The van der Waals surface area contributed by atoms with Crippen LogP contribution in [0.15, 0.2) is 222 Å². The molecule has 12 rings (SSSR count). The first-order chi connectivity index (χ1) is 31.1. The number of rotatable bonds is 6. The molecule has 2 aliphatic rings. The molecule has 0 saturated carbocycles. The molecule has 0 bridgehead atoms. The highest BCUT2D eigenvalue weighted by Crippen LogP contribution is 2.63. The predicted octanol–water partition coefficient (Wildman–Crippen LogP) is 14.4. The molecule has 1 atom stereocenters. The molecule has 0 saturated heterocycles. The normalized spacial score (nSPS) is 14.4. The molecule has 8 aromatic carbocycles. The molecule has 0 radical (unpaired) electrons. The van der Waals surface area contributed by atoms with Gasteiger partial charge in [-0.1, -0.05) is 200 Å². The Kier molecular flexibility index (Phi) is 8.83. The van der Waals surface area contributed by atoms with Gasteiger partial charge in [0.25, 0.3) is 0 Å². The summed E-state index contributed by atoms with van der Waals surface area (Å²) < 4.78 is 0. The van der Waals surface area contributed by atoms with Crippen molar-refractivity contribution in [3.05, 3.63) is 240 Å². The molecule has 3 heterocycles. The maximum atomic E-state index is 5.19. The van der Waals surface area contributed by atoms with Crippen molar-refractivity contribution in [1.82, 2.24) is 19.9 Å². The fourth-order valence-electron chi connectivity index (χ4n) is 9.74. The lowest BCUT2D eigenvalue weighted by Gasteiger charge is -2.40. The van der Waals surface area contributed by atoms with Gasteiger partial charge in [0.05, 0.1) is 11.1 Å². The third-order valence-corrected chi connectivity index (χ3v) is 13.8. The monoisotopic (exact) mass is 822 g/mol. The van der Waals surface area contributed by atoms with Gasteiger partial charge in [-0.3, -0.25) is 4.98 Å². The lowest BCUT2D eigenvalue weighted by atomic mass is 9.66. The minimum atomic E-state index is -0.616. The van der Waals surface area contributed by atoms with Gasteiger partial charge in [-0.25, -0.2) is 15.0 Å². The van der Waals surface area contributed by atoms with Gasteiger partial charge < -0.3 is 0 Å². The molecule has 1 aliphatic carbocycles. The third kappa shape index (κ3) is 5.99. The van der Waals surface area contributed by atoms with Crippen molar-refractivity contribution in [2.75, 3.05) is 0 Å². The number of hydrogen-bond acceptors (Lipinski definition) is 5. The first-order valence-electron chi connectivity index (χ1n) is 21.3. The van der Waals surface area contributed by atoms with Gasteiger partial charge in [0, 0.05) is 38.2 Å². The summed E-state index contributed by atoms with van der Waals surface area (Å²) in [6, 6.07) is 73.7. The number of aromatic nitrogens is 4. The predicted molar refractivity (Wildman–Crippen MR) is 256 cm³/mol.